The topological polar surface area (TPSA) is 63.4 Å². The van der Waals surface area contributed by atoms with Gasteiger partial charge < -0.3 is 5.21 Å². The van der Waals surface area contributed by atoms with E-state index in [-0.39, 0.29) is 41.7 Å². The molecular weight excluding hydrogens is 202 g/mol. The molecule has 0 saturated carbocycles. The monoisotopic (exact) mass is 207 g/mol. The normalized spacial score (nSPS) is 4.80. The van der Waals surface area contributed by atoms with Crippen LogP contribution < -0.4 is 0 Å². The van der Waals surface area contributed by atoms with Crippen LogP contribution in [0.5, 0.6) is 0 Å². The number of hydrogen-bond acceptors (Lipinski definition) is 2. The molecule has 0 aliphatic rings. The molecule has 0 spiro atoms. The molecule has 0 aliphatic carbocycles. The summed E-state index contributed by atoms with van der Waals surface area (Å²) in [4.78, 5) is 8.36. The minimum absolute atomic E-state index is 0. The molecule has 0 saturated heterocycles. The Morgan fingerprint density at radius 3 is 1.80 bits per heavy atom. The van der Waals surface area contributed by atoms with Gasteiger partial charge in [-0.1, -0.05) is 0 Å². The third-order valence-electron chi connectivity index (χ3n) is 0. The van der Waals surface area contributed by atoms with Crippen molar-refractivity contribution in [3.05, 3.63) is 10.1 Å². The van der Waals surface area contributed by atoms with Gasteiger partial charge in [0.15, 0.2) is 0 Å². The summed E-state index contributed by atoms with van der Waals surface area (Å²) < 4.78 is 0. The zero-order valence-corrected chi connectivity index (χ0v) is 1.71. The Labute approximate surface area is 61.7 Å². The van der Waals surface area contributed by atoms with E-state index < -0.39 is 5.09 Å². The first-order valence-electron chi connectivity index (χ1n) is 0.565. The first kappa shape index (κ1) is 9.13. The van der Waals surface area contributed by atoms with Crippen LogP contribution in [-0.2, 0) is 0 Å². The standard InChI is InChI=1S/Ce.HNO3.4H/c;2-1(3)4;;;;/h;(H,2,3,4);;;;. The van der Waals surface area contributed by atoms with Gasteiger partial charge >= 0.3 is 41.7 Å². The van der Waals surface area contributed by atoms with E-state index in [1.165, 1.54) is 0 Å². The van der Waals surface area contributed by atoms with E-state index in [9.17, 15) is 0 Å². The van der Waals surface area contributed by atoms with E-state index in [1.807, 2.05) is 0 Å². The molecule has 1 N–H and O–H groups in total. The van der Waals surface area contributed by atoms with E-state index in [0.29, 0.717) is 0 Å². The molecule has 5 heavy (non-hydrogen) atoms. The summed E-state index contributed by atoms with van der Waals surface area (Å²) in [6, 6.07) is 0. The molecule has 0 unspecified atom stereocenters. The third kappa shape index (κ3) is 91.4. The van der Waals surface area contributed by atoms with Gasteiger partial charge in [0.2, 0.25) is 0 Å². The quantitative estimate of drug-likeness (QED) is 0.392. The van der Waals surface area contributed by atoms with Crippen molar-refractivity contribution in [1.82, 2.24) is 0 Å². The minimum atomic E-state index is -1.50. The van der Waals surface area contributed by atoms with E-state index in [2.05, 4.69) is 0 Å². The number of nitrogens with zero attached hydrogens (tertiary/aromatic N) is 1. The van der Waals surface area contributed by atoms with Gasteiger partial charge in [0.05, 0.1) is 0 Å². The van der Waals surface area contributed by atoms with Gasteiger partial charge in [0, 0.05) is 0 Å². The zero-order valence-electron chi connectivity index (χ0n) is 1.71. The Morgan fingerprint density at radius 1 is 1.80 bits per heavy atom. The van der Waals surface area contributed by atoms with E-state index >= 15 is 0 Å². The summed E-state index contributed by atoms with van der Waals surface area (Å²) in [7, 11) is 0. The second-order valence-electron chi connectivity index (χ2n) is 0.238. The van der Waals surface area contributed by atoms with Gasteiger partial charge in [-0.2, -0.15) is 0 Å². The summed E-state index contributed by atoms with van der Waals surface area (Å²) in [5.74, 6) is 0. The van der Waals surface area contributed by atoms with Crippen LogP contribution in [0.4, 0.5) is 0 Å². The SMILES string of the molecule is O=[N+]([O-])O.[CeH4]. The fourth-order valence-corrected chi connectivity index (χ4v) is 0. The van der Waals surface area contributed by atoms with Crippen LogP contribution in [0.25, 0.3) is 0 Å². The van der Waals surface area contributed by atoms with E-state index in [1.54, 1.807) is 0 Å². The molecule has 4 nitrogen and oxygen atoms in total. The van der Waals surface area contributed by atoms with Gasteiger partial charge in [-0.3, -0.25) is 0 Å². The third-order valence-corrected chi connectivity index (χ3v) is 0. The van der Waals surface area contributed by atoms with Crippen molar-refractivity contribution in [2.45, 2.75) is 0 Å². The van der Waals surface area contributed by atoms with Crippen molar-refractivity contribution in [2.75, 3.05) is 0 Å². The summed E-state index contributed by atoms with van der Waals surface area (Å²) in [5, 5.41) is 13.6. The molecule has 32 valence electrons. The molecule has 5 heteroatoms. The Hall–Kier alpha value is 0.577. The van der Waals surface area contributed by atoms with E-state index in [0.717, 1.165) is 0 Å². The van der Waals surface area contributed by atoms with Crippen LogP contribution in [0, 0.1) is 51.9 Å². The first-order chi connectivity index (χ1) is 1.73. The van der Waals surface area contributed by atoms with Crippen molar-refractivity contribution in [2.24, 2.45) is 0 Å². The molecule has 0 atom stereocenters. The molecule has 0 bridgehead atoms. The molecule has 0 aromatic heterocycles. The van der Waals surface area contributed by atoms with Crippen LogP contribution in [0.15, 0.2) is 0 Å². The first-order valence-corrected chi connectivity index (χ1v) is 0.565. The fraction of sp³-hybridized carbons (Fsp3) is 0. The summed E-state index contributed by atoms with van der Waals surface area (Å²) in [6.45, 7) is 0. The molecule has 0 aliphatic heterocycles. The number of rotatable bonds is 0. The van der Waals surface area contributed by atoms with Crippen LogP contribution in [0.3, 0.4) is 0 Å². The van der Waals surface area contributed by atoms with Gasteiger partial charge in [0.25, 0.3) is 5.09 Å². The molecular formula is H5CeNO3. The molecule has 0 aromatic carbocycles. The zero-order chi connectivity index (χ0) is 3.58. The predicted molar refractivity (Wildman–Crippen MR) is 14.4 cm³/mol. The predicted octanol–water partition coefficient (Wildman–Crippen LogP) is -1.42. The van der Waals surface area contributed by atoms with Crippen molar-refractivity contribution < 1.29 is 52.0 Å². The van der Waals surface area contributed by atoms with Gasteiger partial charge in [-0.05, 0) is 0 Å². The summed E-state index contributed by atoms with van der Waals surface area (Å²) in [6.07, 6.45) is 0. The Balaban J connectivity index is 0. The van der Waals surface area contributed by atoms with Crippen molar-refractivity contribution in [1.29, 1.82) is 0 Å². The average Bonchev–Trinajstić information content (AvgIpc) is 0.811. The fourth-order valence-electron chi connectivity index (χ4n) is 0. The van der Waals surface area contributed by atoms with Crippen molar-refractivity contribution in [3.63, 3.8) is 0 Å². The van der Waals surface area contributed by atoms with Gasteiger partial charge in [-0.25, -0.2) is 0 Å². The van der Waals surface area contributed by atoms with Crippen LogP contribution in [-0.4, -0.2) is 10.3 Å². The maximum absolute atomic E-state index is 8.36. The van der Waals surface area contributed by atoms with Crippen LogP contribution in [0.2, 0.25) is 0 Å². The van der Waals surface area contributed by atoms with Crippen LogP contribution >= 0.6 is 0 Å². The van der Waals surface area contributed by atoms with Crippen LogP contribution in [0.1, 0.15) is 0 Å². The second kappa shape index (κ2) is 4.58. The summed E-state index contributed by atoms with van der Waals surface area (Å²) in [5.41, 5.74) is 0. The van der Waals surface area contributed by atoms with Crippen molar-refractivity contribution in [3.8, 4) is 0 Å². The molecule has 0 amide bonds. The van der Waals surface area contributed by atoms with Gasteiger partial charge in [-0.15, -0.1) is 10.1 Å². The maximum atomic E-state index is 8.36. The molecule has 0 radical (unpaired) electrons. The number of hydrogen-bond donors (Lipinski definition) is 1. The molecule has 0 aromatic rings. The second-order valence-corrected chi connectivity index (χ2v) is 0.238. The average molecular weight is 207 g/mol. The Kier molecular flexibility index (Phi) is 8.36. The van der Waals surface area contributed by atoms with Crippen molar-refractivity contribution >= 4 is 0 Å². The molecule has 0 fully saturated rings. The summed E-state index contributed by atoms with van der Waals surface area (Å²) >= 11 is 0. The molecule has 0 heterocycles. The Morgan fingerprint density at radius 2 is 1.80 bits per heavy atom. The Bertz CT molecular complexity index is 29.9. The van der Waals surface area contributed by atoms with Gasteiger partial charge in [0.1, 0.15) is 0 Å². The van der Waals surface area contributed by atoms with E-state index in [4.69, 9.17) is 15.3 Å². The molecule has 0 rings (SSSR count).